The lowest BCUT2D eigenvalue weighted by Gasteiger charge is -2.21. The molecular weight excluding hydrogens is 306 g/mol. The molecular formula is C19H21NO4. The van der Waals surface area contributed by atoms with Gasteiger partial charge in [0.05, 0.1) is 5.56 Å². The smallest absolute Gasteiger partial charge is 0.335 e. The lowest BCUT2D eigenvalue weighted by molar-refractivity contribution is 0.0695. The average Bonchev–Trinajstić information content (AvgIpc) is 2.60. The van der Waals surface area contributed by atoms with Gasteiger partial charge in [-0.2, -0.15) is 0 Å². The number of rotatable bonds is 6. The van der Waals surface area contributed by atoms with Crippen LogP contribution in [0.3, 0.4) is 0 Å². The van der Waals surface area contributed by atoms with Crippen molar-refractivity contribution in [2.75, 3.05) is 26.8 Å². The van der Waals surface area contributed by atoms with Crippen molar-refractivity contribution in [1.82, 2.24) is 4.90 Å². The molecule has 0 unspecified atom stereocenters. The molecule has 0 saturated heterocycles. The Bertz CT molecular complexity index is 729. The summed E-state index contributed by atoms with van der Waals surface area (Å²) in [5.41, 5.74) is 2.39. The fourth-order valence-electron chi connectivity index (χ4n) is 2.84. The number of hydrogen-bond donors (Lipinski definition) is 1. The van der Waals surface area contributed by atoms with Gasteiger partial charge in [-0.25, -0.2) is 4.79 Å². The summed E-state index contributed by atoms with van der Waals surface area (Å²) in [6, 6.07) is 13.1. The Morgan fingerprint density at radius 2 is 1.88 bits per heavy atom. The fourth-order valence-corrected chi connectivity index (χ4v) is 2.84. The Balaban J connectivity index is 1.60. The first-order valence-electron chi connectivity index (χ1n) is 8.02. The van der Waals surface area contributed by atoms with Crippen LogP contribution in [0.4, 0.5) is 0 Å². The van der Waals surface area contributed by atoms with E-state index in [0.29, 0.717) is 25.2 Å². The predicted molar refractivity (Wildman–Crippen MR) is 90.9 cm³/mol. The molecule has 5 heteroatoms. The minimum Gasteiger partial charge on any atom is -0.486 e. The van der Waals surface area contributed by atoms with Gasteiger partial charge in [0.15, 0.2) is 11.5 Å². The van der Waals surface area contributed by atoms with Crippen LogP contribution >= 0.6 is 0 Å². The summed E-state index contributed by atoms with van der Waals surface area (Å²) in [4.78, 5) is 13.4. The lowest BCUT2D eigenvalue weighted by atomic mass is 10.0. The first-order chi connectivity index (χ1) is 11.6. The summed E-state index contributed by atoms with van der Waals surface area (Å²) in [6.07, 6.45) is 0.698. The van der Waals surface area contributed by atoms with Crippen molar-refractivity contribution in [2.45, 2.75) is 13.0 Å². The highest BCUT2D eigenvalue weighted by molar-refractivity contribution is 5.89. The van der Waals surface area contributed by atoms with Crippen molar-refractivity contribution in [1.29, 1.82) is 0 Å². The zero-order valence-electron chi connectivity index (χ0n) is 13.7. The number of fused-ring (bicyclic) bond motifs is 1. The van der Waals surface area contributed by atoms with Gasteiger partial charge in [-0.3, -0.25) is 0 Å². The second-order valence-corrected chi connectivity index (χ2v) is 5.93. The third kappa shape index (κ3) is 3.86. The van der Waals surface area contributed by atoms with Gasteiger partial charge < -0.3 is 19.5 Å². The first-order valence-corrected chi connectivity index (χ1v) is 8.02. The van der Waals surface area contributed by atoms with E-state index in [1.165, 1.54) is 0 Å². The zero-order valence-corrected chi connectivity index (χ0v) is 13.7. The van der Waals surface area contributed by atoms with Crippen LogP contribution in [0.25, 0.3) is 0 Å². The molecule has 0 saturated carbocycles. The molecule has 5 nitrogen and oxygen atoms in total. The Morgan fingerprint density at radius 1 is 1.12 bits per heavy atom. The number of benzene rings is 2. The summed E-state index contributed by atoms with van der Waals surface area (Å²) >= 11 is 0. The monoisotopic (exact) mass is 327 g/mol. The van der Waals surface area contributed by atoms with E-state index in [9.17, 15) is 9.90 Å². The molecule has 0 bridgehead atoms. The third-order valence-electron chi connectivity index (χ3n) is 4.07. The average molecular weight is 327 g/mol. The molecule has 1 N–H and O–H groups in total. The minimum atomic E-state index is -0.875. The molecule has 1 aliphatic heterocycles. The summed E-state index contributed by atoms with van der Waals surface area (Å²) in [5.74, 6) is 0.714. The Morgan fingerprint density at radius 3 is 2.67 bits per heavy atom. The van der Waals surface area contributed by atoms with Crippen molar-refractivity contribution >= 4 is 5.97 Å². The standard InChI is InChI=1S/C19H21NO4/c1-20(9-8-15-4-2-3-5-16(15)19(21)22)13-14-6-7-17-18(12-14)24-11-10-23-17/h2-7,12H,8-11,13H2,1H3,(H,21,22). The molecule has 0 radical (unpaired) electrons. The summed E-state index contributed by atoms with van der Waals surface area (Å²) in [7, 11) is 2.03. The molecule has 0 aliphatic carbocycles. The topological polar surface area (TPSA) is 59.0 Å². The van der Waals surface area contributed by atoms with E-state index in [-0.39, 0.29) is 0 Å². The predicted octanol–water partition coefficient (Wildman–Crippen LogP) is 2.83. The van der Waals surface area contributed by atoms with Gasteiger partial charge in [0.1, 0.15) is 13.2 Å². The largest absolute Gasteiger partial charge is 0.486 e. The van der Waals surface area contributed by atoms with Crippen molar-refractivity contribution < 1.29 is 19.4 Å². The van der Waals surface area contributed by atoms with Gasteiger partial charge in [0.2, 0.25) is 0 Å². The van der Waals surface area contributed by atoms with Crippen LogP contribution in [0.15, 0.2) is 42.5 Å². The number of ether oxygens (including phenoxy) is 2. The second kappa shape index (κ2) is 7.36. The summed E-state index contributed by atoms with van der Waals surface area (Å²) in [6.45, 7) is 2.72. The molecule has 0 fully saturated rings. The van der Waals surface area contributed by atoms with Crippen molar-refractivity contribution in [2.24, 2.45) is 0 Å². The maximum atomic E-state index is 11.3. The molecule has 0 spiro atoms. The van der Waals surface area contributed by atoms with Crippen LogP contribution in [0.1, 0.15) is 21.5 Å². The van der Waals surface area contributed by atoms with Gasteiger partial charge in [0.25, 0.3) is 0 Å². The van der Waals surface area contributed by atoms with Crippen molar-refractivity contribution in [3.8, 4) is 11.5 Å². The number of carboxylic acids is 1. The molecule has 24 heavy (non-hydrogen) atoms. The summed E-state index contributed by atoms with van der Waals surface area (Å²) < 4.78 is 11.1. The van der Waals surface area contributed by atoms with E-state index in [0.717, 1.165) is 35.7 Å². The number of nitrogens with zero attached hydrogens (tertiary/aromatic N) is 1. The molecule has 1 heterocycles. The van der Waals surface area contributed by atoms with Crippen molar-refractivity contribution in [3.05, 3.63) is 59.2 Å². The quantitative estimate of drug-likeness (QED) is 0.884. The van der Waals surface area contributed by atoms with Crippen molar-refractivity contribution in [3.63, 3.8) is 0 Å². The highest BCUT2D eigenvalue weighted by atomic mass is 16.6. The molecule has 126 valence electrons. The van der Waals surface area contributed by atoms with E-state index in [1.807, 2.05) is 37.4 Å². The lowest BCUT2D eigenvalue weighted by Crippen LogP contribution is -2.22. The van der Waals surface area contributed by atoms with Crippen LogP contribution in [0.2, 0.25) is 0 Å². The number of carbonyl (C=O) groups is 1. The Hall–Kier alpha value is -2.53. The number of carboxylic acid groups (broad SMARTS) is 1. The maximum absolute atomic E-state index is 11.3. The number of aromatic carboxylic acids is 1. The van der Waals surface area contributed by atoms with E-state index in [1.54, 1.807) is 12.1 Å². The Kier molecular flexibility index (Phi) is 5.01. The van der Waals surface area contributed by atoms with Crippen LogP contribution < -0.4 is 9.47 Å². The van der Waals surface area contributed by atoms with Crippen LogP contribution in [-0.2, 0) is 13.0 Å². The SMILES string of the molecule is CN(CCc1ccccc1C(=O)O)Cc1ccc2c(c1)OCCO2. The fraction of sp³-hybridized carbons (Fsp3) is 0.316. The normalized spacial score (nSPS) is 13.1. The molecule has 0 amide bonds. The van der Waals surface area contributed by atoms with E-state index < -0.39 is 5.97 Å². The van der Waals surface area contributed by atoms with E-state index in [4.69, 9.17) is 9.47 Å². The molecule has 3 rings (SSSR count). The van der Waals surface area contributed by atoms with Crippen LogP contribution in [0, 0.1) is 0 Å². The molecule has 2 aromatic rings. The molecule has 2 aromatic carbocycles. The molecule has 1 aliphatic rings. The van der Waals surface area contributed by atoms with E-state index in [2.05, 4.69) is 4.90 Å². The number of likely N-dealkylation sites (N-methyl/N-ethyl adjacent to an activating group) is 1. The van der Waals surface area contributed by atoms with Gasteiger partial charge in [-0.1, -0.05) is 24.3 Å². The maximum Gasteiger partial charge on any atom is 0.335 e. The van der Waals surface area contributed by atoms with Crippen LogP contribution in [0.5, 0.6) is 11.5 Å². The van der Waals surface area contributed by atoms with Gasteiger partial charge in [-0.05, 0) is 42.8 Å². The highest BCUT2D eigenvalue weighted by Crippen LogP contribution is 2.31. The Labute approximate surface area is 141 Å². The van der Waals surface area contributed by atoms with E-state index >= 15 is 0 Å². The number of hydrogen-bond acceptors (Lipinski definition) is 4. The third-order valence-corrected chi connectivity index (χ3v) is 4.07. The molecule has 0 atom stereocenters. The minimum absolute atomic E-state index is 0.380. The summed E-state index contributed by atoms with van der Waals surface area (Å²) in [5, 5.41) is 9.24. The van der Waals surface area contributed by atoms with Crippen LogP contribution in [-0.4, -0.2) is 42.8 Å². The van der Waals surface area contributed by atoms with Gasteiger partial charge >= 0.3 is 5.97 Å². The van der Waals surface area contributed by atoms with Gasteiger partial charge in [0, 0.05) is 13.1 Å². The second-order valence-electron chi connectivity index (χ2n) is 5.93. The zero-order chi connectivity index (χ0) is 16.9. The molecule has 0 aromatic heterocycles. The first kappa shape index (κ1) is 16.3. The highest BCUT2D eigenvalue weighted by Gasteiger charge is 2.13. The van der Waals surface area contributed by atoms with Gasteiger partial charge in [-0.15, -0.1) is 0 Å².